The van der Waals surface area contributed by atoms with Gasteiger partial charge in [0.1, 0.15) is 0 Å². The maximum absolute atomic E-state index is 4.40. The Kier molecular flexibility index (Phi) is 4.02. The summed E-state index contributed by atoms with van der Waals surface area (Å²) in [5.74, 6) is 0. The Morgan fingerprint density at radius 3 is 2.22 bits per heavy atom. The summed E-state index contributed by atoms with van der Waals surface area (Å²) in [5.41, 5.74) is 1.28. The molecule has 2 nitrogen and oxygen atoms in total. The average molecular weight is 258 g/mol. The number of hydrogen-bond donors (Lipinski definition) is 0. The molecule has 96 valence electrons. The third kappa shape index (κ3) is 2.15. The number of para-hydroxylation sites is 1. The molecule has 0 amide bonds. The van der Waals surface area contributed by atoms with Gasteiger partial charge < -0.3 is 0 Å². The molecule has 0 saturated carbocycles. The lowest BCUT2D eigenvalue weighted by molar-refractivity contribution is 0.883. The molecule has 3 heteroatoms. The molecule has 0 bridgehead atoms. The lowest BCUT2D eigenvalue weighted by Gasteiger charge is -2.30. The smallest absolute Gasteiger partial charge is 0.0887 e. The van der Waals surface area contributed by atoms with Gasteiger partial charge >= 0.3 is 0 Å². The standard InChI is InChI=1S/C15H22N2Si/c1-4-18(5-2,6-3)15-11-8-7-10-14(15)17-13-9-12-16-17/h7-13H,4-6H2,1-3H3. The van der Waals surface area contributed by atoms with Crippen LogP contribution in [0.1, 0.15) is 20.8 Å². The molecule has 2 aromatic rings. The molecule has 0 N–H and O–H groups in total. The van der Waals surface area contributed by atoms with Gasteiger partial charge in [-0.2, -0.15) is 5.10 Å². The van der Waals surface area contributed by atoms with Crippen molar-refractivity contribution in [3.05, 3.63) is 42.7 Å². The van der Waals surface area contributed by atoms with Crippen LogP contribution in [-0.4, -0.2) is 17.9 Å². The van der Waals surface area contributed by atoms with Crippen LogP contribution in [0.15, 0.2) is 42.7 Å². The van der Waals surface area contributed by atoms with E-state index >= 15 is 0 Å². The third-order valence-corrected chi connectivity index (χ3v) is 9.88. The van der Waals surface area contributed by atoms with E-state index in [2.05, 4.69) is 50.1 Å². The molecule has 2 rings (SSSR count). The highest BCUT2D eigenvalue weighted by molar-refractivity contribution is 6.92. The molecule has 0 aliphatic rings. The number of hydrogen-bond acceptors (Lipinski definition) is 1. The van der Waals surface area contributed by atoms with E-state index in [1.807, 2.05) is 23.1 Å². The van der Waals surface area contributed by atoms with Crippen molar-refractivity contribution in [1.29, 1.82) is 0 Å². The maximum Gasteiger partial charge on any atom is 0.0887 e. The predicted molar refractivity (Wildman–Crippen MR) is 80.4 cm³/mol. The molecule has 0 unspecified atom stereocenters. The molecule has 0 radical (unpaired) electrons. The first-order valence-corrected chi connectivity index (χ1v) is 9.49. The van der Waals surface area contributed by atoms with Gasteiger partial charge in [-0.1, -0.05) is 57.1 Å². The molecule has 0 fully saturated rings. The van der Waals surface area contributed by atoms with Gasteiger partial charge in [0, 0.05) is 12.4 Å². The Labute approximate surface area is 111 Å². The Morgan fingerprint density at radius 2 is 1.67 bits per heavy atom. The minimum Gasteiger partial charge on any atom is -0.241 e. The lowest BCUT2D eigenvalue weighted by atomic mass is 10.3. The van der Waals surface area contributed by atoms with Crippen molar-refractivity contribution in [2.45, 2.75) is 38.9 Å². The summed E-state index contributed by atoms with van der Waals surface area (Å²) < 4.78 is 2.01. The van der Waals surface area contributed by atoms with E-state index in [4.69, 9.17) is 0 Å². The van der Waals surface area contributed by atoms with Crippen molar-refractivity contribution in [2.24, 2.45) is 0 Å². The predicted octanol–water partition coefficient (Wildman–Crippen LogP) is 3.59. The van der Waals surface area contributed by atoms with E-state index < -0.39 is 8.07 Å². The maximum atomic E-state index is 4.40. The van der Waals surface area contributed by atoms with Gasteiger partial charge in [0.15, 0.2) is 0 Å². The van der Waals surface area contributed by atoms with Crippen LogP contribution in [-0.2, 0) is 0 Å². The van der Waals surface area contributed by atoms with E-state index in [1.54, 1.807) is 5.19 Å². The van der Waals surface area contributed by atoms with Gasteiger partial charge in [0.2, 0.25) is 0 Å². The molecule has 0 atom stereocenters. The summed E-state index contributed by atoms with van der Waals surface area (Å²) in [5, 5.41) is 5.96. The summed E-state index contributed by atoms with van der Waals surface area (Å²) in [6.07, 6.45) is 3.89. The van der Waals surface area contributed by atoms with Crippen LogP contribution in [0.2, 0.25) is 18.1 Å². The average Bonchev–Trinajstić information content (AvgIpc) is 2.96. The summed E-state index contributed by atoms with van der Waals surface area (Å²) in [6, 6.07) is 14.7. The van der Waals surface area contributed by atoms with Gasteiger partial charge in [-0.15, -0.1) is 0 Å². The molecule has 1 aromatic carbocycles. The highest BCUT2D eigenvalue weighted by atomic mass is 28.3. The van der Waals surface area contributed by atoms with E-state index in [-0.39, 0.29) is 0 Å². The van der Waals surface area contributed by atoms with Crippen LogP contribution >= 0.6 is 0 Å². The van der Waals surface area contributed by atoms with Crippen molar-refractivity contribution in [3.8, 4) is 5.69 Å². The fraction of sp³-hybridized carbons (Fsp3) is 0.400. The van der Waals surface area contributed by atoms with Gasteiger partial charge in [0.05, 0.1) is 13.8 Å². The van der Waals surface area contributed by atoms with Crippen LogP contribution in [0, 0.1) is 0 Å². The largest absolute Gasteiger partial charge is 0.241 e. The second kappa shape index (κ2) is 5.53. The van der Waals surface area contributed by atoms with Crippen molar-refractivity contribution in [2.75, 3.05) is 0 Å². The van der Waals surface area contributed by atoms with Gasteiger partial charge in [0.25, 0.3) is 0 Å². The number of aromatic nitrogens is 2. The summed E-state index contributed by atoms with van der Waals surface area (Å²) >= 11 is 0. The molecule has 0 spiro atoms. The molecular formula is C15H22N2Si. The highest BCUT2D eigenvalue weighted by Crippen LogP contribution is 2.23. The lowest BCUT2D eigenvalue weighted by Crippen LogP contribution is -2.47. The topological polar surface area (TPSA) is 17.8 Å². The van der Waals surface area contributed by atoms with Crippen LogP contribution < -0.4 is 5.19 Å². The molecule has 18 heavy (non-hydrogen) atoms. The molecule has 0 aliphatic heterocycles. The second-order valence-corrected chi connectivity index (χ2v) is 10.0. The monoisotopic (exact) mass is 258 g/mol. The van der Waals surface area contributed by atoms with Crippen molar-refractivity contribution >= 4 is 13.3 Å². The summed E-state index contributed by atoms with van der Waals surface area (Å²) in [7, 11) is -1.36. The zero-order valence-corrected chi connectivity index (χ0v) is 12.6. The molecular weight excluding hydrogens is 236 g/mol. The van der Waals surface area contributed by atoms with Crippen molar-refractivity contribution in [1.82, 2.24) is 9.78 Å². The van der Waals surface area contributed by atoms with Crippen LogP contribution in [0.5, 0.6) is 0 Å². The number of rotatable bonds is 5. The molecule has 0 saturated heterocycles. The normalized spacial score (nSPS) is 11.7. The van der Waals surface area contributed by atoms with Crippen molar-refractivity contribution < 1.29 is 0 Å². The van der Waals surface area contributed by atoms with Gasteiger partial charge in [-0.3, -0.25) is 0 Å². The van der Waals surface area contributed by atoms with Crippen LogP contribution in [0.25, 0.3) is 5.69 Å². The molecule has 1 heterocycles. The van der Waals surface area contributed by atoms with E-state index in [0.29, 0.717) is 0 Å². The summed E-state index contributed by atoms with van der Waals surface area (Å²) in [4.78, 5) is 0. The Balaban J connectivity index is 2.57. The number of nitrogens with zero attached hydrogens (tertiary/aromatic N) is 2. The Hall–Kier alpha value is -1.35. The fourth-order valence-corrected chi connectivity index (χ4v) is 6.69. The fourth-order valence-electron chi connectivity index (χ4n) is 2.85. The van der Waals surface area contributed by atoms with Crippen LogP contribution in [0.4, 0.5) is 0 Å². The first-order valence-electron chi connectivity index (χ1n) is 6.87. The first-order chi connectivity index (χ1) is 8.77. The minimum atomic E-state index is -1.36. The number of benzene rings is 1. The summed E-state index contributed by atoms with van der Waals surface area (Å²) in [6.45, 7) is 7.04. The first kappa shape index (κ1) is 13.1. The molecule has 0 aliphatic carbocycles. The highest BCUT2D eigenvalue weighted by Gasteiger charge is 2.31. The van der Waals surface area contributed by atoms with Gasteiger partial charge in [-0.25, -0.2) is 4.68 Å². The third-order valence-electron chi connectivity index (χ3n) is 4.26. The molecule has 1 aromatic heterocycles. The Morgan fingerprint density at radius 1 is 1.00 bits per heavy atom. The minimum absolute atomic E-state index is 1.28. The Bertz CT molecular complexity index is 479. The zero-order valence-electron chi connectivity index (χ0n) is 11.6. The van der Waals surface area contributed by atoms with Crippen LogP contribution in [0.3, 0.4) is 0 Å². The van der Waals surface area contributed by atoms with E-state index in [1.165, 1.54) is 23.8 Å². The quantitative estimate of drug-likeness (QED) is 0.749. The van der Waals surface area contributed by atoms with E-state index in [9.17, 15) is 0 Å². The SMILES string of the molecule is CC[Si](CC)(CC)c1ccccc1-n1cccn1. The zero-order chi connectivity index (χ0) is 13.0. The van der Waals surface area contributed by atoms with Gasteiger partial charge in [-0.05, 0) is 17.3 Å². The second-order valence-electron chi connectivity index (χ2n) is 4.81. The van der Waals surface area contributed by atoms with E-state index in [0.717, 1.165) is 0 Å². The van der Waals surface area contributed by atoms with Crippen molar-refractivity contribution in [3.63, 3.8) is 0 Å².